The van der Waals surface area contributed by atoms with Crippen molar-refractivity contribution in [1.82, 2.24) is 4.90 Å². The number of hydrogen-bond donors (Lipinski definition) is 0. The van der Waals surface area contributed by atoms with Gasteiger partial charge in [0.2, 0.25) is 0 Å². The predicted octanol–water partition coefficient (Wildman–Crippen LogP) is 3.31. The molecule has 2 aromatic carbocycles. The molecule has 1 heterocycles. The summed E-state index contributed by atoms with van der Waals surface area (Å²) >= 11 is 0. The first-order chi connectivity index (χ1) is 11.5. The van der Waals surface area contributed by atoms with Gasteiger partial charge in [-0.3, -0.25) is 9.69 Å². The van der Waals surface area contributed by atoms with E-state index in [1.165, 1.54) is 9.80 Å². The van der Waals surface area contributed by atoms with Crippen molar-refractivity contribution >= 4 is 23.7 Å². The zero-order chi connectivity index (χ0) is 17.3. The molecule has 0 aliphatic carbocycles. The van der Waals surface area contributed by atoms with Crippen LogP contribution in [-0.4, -0.2) is 23.9 Å². The Labute approximate surface area is 140 Å². The zero-order valence-electron chi connectivity index (χ0n) is 13.4. The highest BCUT2D eigenvalue weighted by molar-refractivity contribution is 6.28. The SMILES string of the molecule is Cc1cccc(N2C(=O)/C(=C\c3ccc(C#N)cc3)N(C)C2=O)c1. The first-order valence-corrected chi connectivity index (χ1v) is 7.42. The van der Waals surface area contributed by atoms with E-state index in [2.05, 4.69) is 0 Å². The Bertz CT molecular complexity index is 892. The van der Waals surface area contributed by atoms with Gasteiger partial charge in [0, 0.05) is 7.05 Å². The van der Waals surface area contributed by atoms with Crippen LogP contribution in [0.1, 0.15) is 16.7 Å². The van der Waals surface area contributed by atoms with Crippen molar-refractivity contribution in [2.75, 3.05) is 11.9 Å². The van der Waals surface area contributed by atoms with E-state index in [0.29, 0.717) is 16.9 Å². The van der Waals surface area contributed by atoms with Crippen LogP contribution in [0.3, 0.4) is 0 Å². The van der Waals surface area contributed by atoms with Crippen LogP contribution in [-0.2, 0) is 4.79 Å². The second-order valence-corrected chi connectivity index (χ2v) is 5.58. The van der Waals surface area contributed by atoms with E-state index in [0.717, 1.165) is 11.1 Å². The number of nitrogens with zero attached hydrogens (tertiary/aromatic N) is 3. The smallest absolute Gasteiger partial charge is 0.292 e. The van der Waals surface area contributed by atoms with Crippen LogP contribution in [0.15, 0.2) is 54.2 Å². The second-order valence-electron chi connectivity index (χ2n) is 5.58. The van der Waals surface area contributed by atoms with Crippen molar-refractivity contribution in [3.05, 3.63) is 70.9 Å². The van der Waals surface area contributed by atoms with Crippen molar-refractivity contribution in [2.24, 2.45) is 0 Å². The molecule has 2 aromatic rings. The van der Waals surface area contributed by atoms with Crippen LogP contribution in [0.5, 0.6) is 0 Å². The summed E-state index contributed by atoms with van der Waals surface area (Å²) in [4.78, 5) is 27.7. The highest BCUT2D eigenvalue weighted by Crippen LogP contribution is 2.28. The number of imide groups is 1. The molecule has 24 heavy (non-hydrogen) atoms. The van der Waals surface area contributed by atoms with Crippen molar-refractivity contribution in [1.29, 1.82) is 5.26 Å². The molecule has 0 spiro atoms. The third-order valence-corrected chi connectivity index (χ3v) is 3.86. The molecule has 1 aliphatic heterocycles. The summed E-state index contributed by atoms with van der Waals surface area (Å²) in [6, 6.07) is 15.8. The van der Waals surface area contributed by atoms with Gasteiger partial charge in [0.1, 0.15) is 5.70 Å². The number of rotatable bonds is 2. The predicted molar refractivity (Wildman–Crippen MR) is 91.0 cm³/mol. The van der Waals surface area contributed by atoms with Crippen LogP contribution >= 0.6 is 0 Å². The maximum absolute atomic E-state index is 12.7. The van der Waals surface area contributed by atoms with Crippen molar-refractivity contribution in [2.45, 2.75) is 6.92 Å². The molecule has 3 rings (SSSR count). The fourth-order valence-corrected chi connectivity index (χ4v) is 2.56. The lowest BCUT2D eigenvalue weighted by molar-refractivity contribution is -0.114. The van der Waals surface area contributed by atoms with Gasteiger partial charge >= 0.3 is 6.03 Å². The molecule has 0 atom stereocenters. The number of anilines is 1. The van der Waals surface area contributed by atoms with Gasteiger partial charge in [-0.15, -0.1) is 0 Å². The fraction of sp³-hybridized carbons (Fsp3) is 0.105. The van der Waals surface area contributed by atoms with Crippen molar-refractivity contribution in [3.8, 4) is 6.07 Å². The van der Waals surface area contributed by atoms with Crippen LogP contribution in [0, 0.1) is 18.3 Å². The first kappa shape index (κ1) is 15.5. The highest BCUT2D eigenvalue weighted by Gasteiger charge is 2.39. The molecule has 1 aliphatic rings. The van der Waals surface area contributed by atoms with Crippen LogP contribution in [0.25, 0.3) is 6.08 Å². The molecule has 0 saturated carbocycles. The number of nitriles is 1. The van der Waals surface area contributed by atoms with E-state index < -0.39 is 0 Å². The minimum absolute atomic E-state index is 0.297. The Hall–Kier alpha value is -3.39. The van der Waals surface area contributed by atoms with Crippen LogP contribution in [0.2, 0.25) is 0 Å². The Morgan fingerprint density at radius 2 is 1.79 bits per heavy atom. The topological polar surface area (TPSA) is 64.4 Å². The van der Waals surface area contributed by atoms with Gasteiger partial charge in [0.05, 0.1) is 17.3 Å². The van der Waals surface area contributed by atoms with Crippen LogP contribution < -0.4 is 4.90 Å². The van der Waals surface area contributed by atoms with Gasteiger partial charge < -0.3 is 0 Å². The number of urea groups is 1. The number of likely N-dealkylation sites (N-methyl/N-ethyl adjacent to an activating group) is 1. The zero-order valence-corrected chi connectivity index (χ0v) is 13.4. The lowest BCUT2D eigenvalue weighted by Gasteiger charge is -2.13. The van der Waals surface area contributed by atoms with E-state index in [9.17, 15) is 9.59 Å². The van der Waals surface area contributed by atoms with Crippen LogP contribution in [0.4, 0.5) is 10.5 Å². The highest BCUT2D eigenvalue weighted by atomic mass is 16.2. The quantitative estimate of drug-likeness (QED) is 0.630. The summed E-state index contributed by atoms with van der Waals surface area (Å²) in [6.45, 7) is 1.91. The minimum atomic E-state index is -0.384. The molecular formula is C19H15N3O2. The molecule has 0 N–H and O–H groups in total. The number of amides is 3. The molecule has 5 nitrogen and oxygen atoms in total. The summed E-state index contributed by atoms with van der Waals surface area (Å²) in [5, 5.41) is 8.84. The molecule has 5 heteroatoms. The molecular weight excluding hydrogens is 302 g/mol. The third-order valence-electron chi connectivity index (χ3n) is 3.86. The summed E-state index contributed by atoms with van der Waals surface area (Å²) in [7, 11) is 1.57. The monoisotopic (exact) mass is 317 g/mol. The lowest BCUT2D eigenvalue weighted by Crippen LogP contribution is -2.31. The van der Waals surface area contributed by atoms with E-state index >= 15 is 0 Å². The third kappa shape index (κ3) is 2.66. The number of carbonyl (C=O) groups is 2. The Kier molecular flexibility index (Phi) is 3.88. The molecule has 1 fully saturated rings. The second kappa shape index (κ2) is 6.01. The standard InChI is InChI=1S/C19H15N3O2/c1-13-4-3-5-16(10-13)22-18(23)17(21(2)19(22)24)11-14-6-8-15(12-20)9-7-14/h3-11H,1-2H3/b17-11+. The first-order valence-electron chi connectivity index (χ1n) is 7.42. The number of aryl methyl sites for hydroxylation is 1. The van der Waals surface area contributed by atoms with Gasteiger partial charge in [-0.05, 0) is 48.4 Å². The maximum Gasteiger partial charge on any atom is 0.336 e. The van der Waals surface area contributed by atoms with Crippen molar-refractivity contribution < 1.29 is 9.59 Å². The molecule has 0 radical (unpaired) electrons. The number of benzene rings is 2. The molecule has 118 valence electrons. The normalized spacial score (nSPS) is 16.0. The number of hydrogen-bond acceptors (Lipinski definition) is 3. The molecule has 1 saturated heterocycles. The van der Waals surface area contributed by atoms with E-state index in [1.54, 1.807) is 49.5 Å². The number of carbonyl (C=O) groups excluding carboxylic acids is 2. The van der Waals surface area contributed by atoms with Gasteiger partial charge in [0.15, 0.2) is 0 Å². The van der Waals surface area contributed by atoms with Crippen molar-refractivity contribution in [3.63, 3.8) is 0 Å². The van der Waals surface area contributed by atoms with Gasteiger partial charge in [-0.25, -0.2) is 9.69 Å². The molecule has 0 aromatic heterocycles. The van der Waals surface area contributed by atoms with E-state index in [4.69, 9.17) is 5.26 Å². The fourth-order valence-electron chi connectivity index (χ4n) is 2.56. The Morgan fingerprint density at radius 3 is 2.42 bits per heavy atom. The largest absolute Gasteiger partial charge is 0.336 e. The lowest BCUT2D eigenvalue weighted by atomic mass is 10.1. The summed E-state index contributed by atoms with van der Waals surface area (Å²) in [5.74, 6) is -0.363. The summed E-state index contributed by atoms with van der Waals surface area (Å²) in [6.07, 6.45) is 1.65. The van der Waals surface area contributed by atoms with Gasteiger partial charge in [-0.2, -0.15) is 5.26 Å². The summed E-state index contributed by atoms with van der Waals surface area (Å²) < 4.78 is 0. The van der Waals surface area contributed by atoms with E-state index in [-0.39, 0.29) is 11.9 Å². The molecule has 3 amide bonds. The minimum Gasteiger partial charge on any atom is -0.292 e. The van der Waals surface area contributed by atoms with E-state index in [1.807, 2.05) is 25.1 Å². The maximum atomic E-state index is 12.7. The summed E-state index contributed by atoms with van der Waals surface area (Å²) in [5.41, 5.74) is 3.12. The van der Waals surface area contributed by atoms with Gasteiger partial charge in [0.25, 0.3) is 5.91 Å². The van der Waals surface area contributed by atoms with Gasteiger partial charge in [-0.1, -0.05) is 24.3 Å². The Morgan fingerprint density at radius 1 is 1.08 bits per heavy atom. The Balaban J connectivity index is 1.98. The molecule has 0 unspecified atom stereocenters. The average Bonchev–Trinajstić information content (AvgIpc) is 2.79. The molecule has 0 bridgehead atoms. The average molecular weight is 317 g/mol.